The molecule has 1 aliphatic carbocycles. The Kier molecular flexibility index (Phi) is 4.50. The number of hydrogen-bond acceptors (Lipinski definition) is 3. The smallest absolute Gasteiger partial charge is 0.251 e. The number of aromatic amines is 1. The summed E-state index contributed by atoms with van der Waals surface area (Å²) in [5.74, 6) is 0.342. The van der Waals surface area contributed by atoms with Gasteiger partial charge in [0.05, 0.1) is 23.5 Å². The highest BCUT2D eigenvalue weighted by molar-refractivity contribution is 6.07. The molecule has 1 unspecified atom stereocenters. The van der Waals surface area contributed by atoms with Crippen LogP contribution in [0.5, 0.6) is 0 Å². The zero-order chi connectivity index (χ0) is 21.8. The van der Waals surface area contributed by atoms with Gasteiger partial charge in [-0.15, -0.1) is 0 Å². The predicted octanol–water partition coefficient (Wildman–Crippen LogP) is 4.33. The van der Waals surface area contributed by atoms with Gasteiger partial charge in [-0.1, -0.05) is 13.8 Å². The van der Waals surface area contributed by atoms with Crippen LogP contribution < -0.4 is 10.7 Å². The van der Waals surface area contributed by atoms with Gasteiger partial charge in [-0.05, 0) is 68.0 Å². The van der Waals surface area contributed by atoms with Crippen LogP contribution in [0.1, 0.15) is 61.8 Å². The van der Waals surface area contributed by atoms with Crippen molar-refractivity contribution < 1.29 is 4.79 Å². The molecule has 6 nitrogen and oxygen atoms in total. The van der Waals surface area contributed by atoms with Gasteiger partial charge < -0.3 is 20.3 Å². The Hall–Kier alpha value is -3.02. The van der Waals surface area contributed by atoms with E-state index in [1.54, 1.807) is 0 Å². The molecule has 2 aromatic heterocycles. The highest BCUT2D eigenvalue weighted by atomic mass is 16.1. The Morgan fingerprint density at radius 1 is 1.26 bits per heavy atom. The number of aromatic nitrogens is 2. The maximum atomic E-state index is 12.7. The van der Waals surface area contributed by atoms with Crippen LogP contribution in [-0.4, -0.2) is 26.7 Å². The first-order chi connectivity index (χ1) is 14.7. The van der Waals surface area contributed by atoms with Crippen LogP contribution in [0.4, 0.5) is 0 Å². The Bertz CT molecular complexity index is 1180. The molecule has 6 heteroatoms. The van der Waals surface area contributed by atoms with E-state index in [1.807, 2.05) is 48.1 Å². The number of fused-ring (bicyclic) bond motifs is 2. The second-order valence-corrected chi connectivity index (χ2v) is 10.2. The Balaban J connectivity index is 1.35. The van der Waals surface area contributed by atoms with Crippen molar-refractivity contribution >= 4 is 22.5 Å². The monoisotopic (exact) mass is 417 g/mol. The number of amides is 1. The predicted molar refractivity (Wildman–Crippen MR) is 124 cm³/mol. The van der Waals surface area contributed by atoms with E-state index in [-0.39, 0.29) is 11.4 Å². The molecular weight excluding hydrogens is 386 g/mol. The molecule has 1 amide bonds. The van der Waals surface area contributed by atoms with E-state index in [0.717, 1.165) is 40.8 Å². The fraction of sp³-hybridized carbons (Fsp3) is 0.440. The molecule has 1 aliphatic heterocycles. The molecule has 5 rings (SSSR count). The van der Waals surface area contributed by atoms with Crippen LogP contribution in [0.3, 0.4) is 0 Å². The molecule has 0 spiro atoms. The summed E-state index contributed by atoms with van der Waals surface area (Å²) in [5, 5.41) is 8.81. The second-order valence-electron chi connectivity index (χ2n) is 10.2. The lowest BCUT2D eigenvalue weighted by Gasteiger charge is -2.44. The van der Waals surface area contributed by atoms with Gasteiger partial charge in [-0.25, -0.2) is 0 Å². The Morgan fingerprint density at radius 3 is 2.87 bits per heavy atom. The van der Waals surface area contributed by atoms with E-state index in [1.165, 1.54) is 6.42 Å². The van der Waals surface area contributed by atoms with Crippen LogP contribution in [0, 0.1) is 11.3 Å². The van der Waals surface area contributed by atoms with Crippen molar-refractivity contribution in [3.8, 4) is 0 Å². The molecule has 31 heavy (non-hydrogen) atoms. The highest BCUT2D eigenvalue weighted by Crippen LogP contribution is 2.47. The standard InChI is InChI=1S/C25H31N5O/c1-24(2)10-9-19-22(28-29-25(19,3)15-24)21-13-17-12-16(7-8-20(17)27-21)23(31)26-14-18-6-5-11-30(18)4/h5-8,11-13,19,27,29H,9-10,14-15H2,1-4H3,(H,26,31)/t19?,25-/m0/s1. The zero-order valence-electron chi connectivity index (χ0n) is 18.7. The lowest BCUT2D eigenvalue weighted by Crippen LogP contribution is -2.50. The number of nitrogens with one attached hydrogen (secondary N) is 3. The summed E-state index contributed by atoms with van der Waals surface area (Å²) in [6, 6.07) is 12.0. The number of hydrogen-bond donors (Lipinski definition) is 3. The number of hydrazone groups is 1. The summed E-state index contributed by atoms with van der Waals surface area (Å²) in [6.45, 7) is 7.51. The molecule has 3 N–H and O–H groups in total. The minimum absolute atomic E-state index is 0.0103. The molecule has 2 aliphatic rings. The highest BCUT2D eigenvalue weighted by Gasteiger charge is 2.49. The van der Waals surface area contributed by atoms with Crippen LogP contribution in [0.25, 0.3) is 10.9 Å². The lowest BCUT2D eigenvalue weighted by molar-refractivity contribution is 0.0950. The van der Waals surface area contributed by atoms with Gasteiger partial charge in [0, 0.05) is 41.3 Å². The largest absolute Gasteiger partial charge is 0.353 e. The number of H-pyrrole nitrogens is 1. The van der Waals surface area contributed by atoms with Crippen molar-refractivity contribution in [1.82, 2.24) is 20.3 Å². The fourth-order valence-electron chi connectivity index (χ4n) is 5.49. The van der Waals surface area contributed by atoms with Gasteiger partial charge >= 0.3 is 0 Å². The molecule has 2 atom stereocenters. The van der Waals surface area contributed by atoms with Gasteiger partial charge in [0.1, 0.15) is 0 Å². The van der Waals surface area contributed by atoms with Crippen molar-refractivity contribution in [1.29, 1.82) is 0 Å². The first-order valence-electron chi connectivity index (χ1n) is 11.1. The summed E-state index contributed by atoms with van der Waals surface area (Å²) >= 11 is 0. The quantitative estimate of drug-likeness (QED) is 0.591. The molecule has 1 aromatic carbocycles. The first-order valence-corrected chi connectivity index (χ1v) is 11.1. The Labute approximate surface area is 183 Å². The van der Waals surface area contributed by atoms with Crippen LogP contribution in [0.15, 0.2) is 47.7 Å². The molecule has 1 fully saturated rings. The second kappa shape index (κ2) is 7.01. The normalized spacial score (nSPS) is 24.5. The van der Waals surface area contributed by atoms with Crippen molar-refractivity contribution in [2.24, 2.45) is 23.5 Å². The average molecular weight is 418 g/mol. The third-order valence-corrected chi connectivity index (χ3v) is 7.13. The summed E-state index contributed by atoms with van der Waals surface area (Å²) in [7, 11) is 1.98. The molecule has 0 saturated heterocycles. The van der Waals surface area contributed by atoms with E-state index in [9.17, 15) is 4.79 Å². The zero-order valence-corrected chi connectivity index (χ0v) is 18.7. The molecule has 3 heterocycles. The number of carbonyl (C=O) groups is 1. The third-order valence-electron chi connectivity index (χ3n) is 7.13. The molecule has 1 saturated carbocycles. The van der Waals surface area contributed by atoms with Crippen molar-refractivity contribution in [2.75, 3.05) is 0 Å². The summed E-state index contributed by atoms with van der Waals surface area (Å²) in [6.07, 6.45) is 5.44. The fourth-order valence-corrected chi connectivity index (χ4v) is 5.49. The topological polar surface area (TPSA) is 74.2 Å². The van der Waals surface area contributed by atoms with Gasteiger partial charge in [0.15, 0.2) is 0 Å². The minimum atomic E-state index is -0.0622. The maximum Gasteiger partial charge on any atom is 0.251 e. The van der Waals surface area contributed by atoms with Crippen LogP contribution in [0.2, 0.25) is 0 Å². The van der Waals surface area contributed by atoms with Gasteiger partial charge in [0.2, 0.25) is 0 Å². The van der Waals surface area contributed by atoms with Crippen LogP contribution in [-0.2, 0) is 13.6 Å². The van der Waals surface area contributed by atoms with E-state index in [4.69, 9.17) is 5.10 Å². The van der Waals surface area contributed by atoms with E-state index in [0.29, 0.717) is 23.4 Å². The van der Waals surface area contributed by atoms with Crippen LogP contribution >= 0.6 is 0 Å². The van der Waals surface area contributed by atoms with Crippen molar-refractivity contribution in [3.63, 3.8) is 0 Å². The van der Waals surface area contributed by atoms with Crippen molar-refractivity contribution in [3.05, 3.63) is 59.5 Å². The average Bonchev–Trinajstić information content (AvgIpc) is 3.40. The molecule has 0 radical (unpaired) electrons. The van der Waals surface area contributed by atoms with Crippen molar-refractivity contribution in [2.45, 2.75) is 52.1 Å². The van der Waals surface area contributed by atoms with E-state index >= 15 is 0 Å². The Morgan fingerprint density at radius 2 is 2.10 bits per heavy atom. The van der Waals surface area contributed by atoms with Gasteiger partial charge in [0.25, 0.3) is 5.91 Å². The molecular formula is C25H31N5O. The van der Waals surface area contributed by atoms with Gasteiger partial charge in [-0.2, -0.15) is 5.10 Å². The number of benzene rings is 1. The minimum Gasteiger partial charge on any atom is -0.353 e. The number of carbonyl (C=O) groups excluding carboxylic acids is 1. The first kappa shape index (κ1) is 19.9. The molecule has 0 bridgehead atoms. The SMILES string of the molecule is Cn1cccc1CNC(=O)c1ccc2[nH]c(C3=NN[C@@]4(C)CC(C)(C)CCC34)cc2c1. The summed E-state index contributed by atoms with van der Waals surface area (Å²) < 4.78 is 2.01. The third kappa shape index (κ3) is 3.54. The lowest BCUT2D eigenvalue weighted by atomic mass is 9.63. The van der Waals surface area contributed by atoms with Gasteiger partial charge in [-0.3, -0.25) is 4.79 Å². The summed E-state index contributed by atoms with van der Waals surface area (Å²) in [5.41, 5.74) is 8.74. The summed E-state index contributed by atoms with van der Waals surface area (Å²) in [4.78, 5) is 16.2. The maximum absolute atomic E-state index is 12.7. The number of nitrogens with zero attached hydrogens (tertiary/aromatic N) is 2. The molecule has 162 valence electrons. The van der Waals surface area contributed by atoms with E-state index < -0.39 is 0 Å². The van der Waals surface area contributed by atoms with E-state index in [2.05, 4.69) is 42.6 Å². The number of rotatable bonds is 4. The number of aryl methyl sites for hydroxylation is 1. The molecule has 3 aromatic rings.